The standard InChI is InChI=1S/C28H36N4O3S/c1-28(2,3)22-14-10-20(11-15-22)25(34)29-23-16-12-21(13-17-23)26(35)31-32-27(36)30-24(33)18-9-19-7-5-4-6-8-19/h10-17,19H,4-9,18H2,1-3H3,(H,29,34)(H,31,35)(H2,30,32,33,36). The molecule has 0 atom stereocenters. The number of nitrogens with one attached hydrogen (secondary N) is 4. The lowest BCUT2D eigenvalue weighted by atomic mass is 9.86. The van der Waals surface area contributed by atoms with Gasteiger partial charge in [-0.2, -0.15) is 0 Å². The zero-order chi connectivity index (χ0) is 26.1. The van der Waals surface area contributed by atoms with Gasteiger partial charge in [0.2, 0.25) is 5.91 Å². The first-order valence-electron chi connectivity index (χ1n) is 12.5. The summed E-state index contributed by atoms with van der Waals surface area (Å²) in [5.41, 5.74) is 7.73. The van der Waals surface area contributed by atoms with Gasteiger partial charge in [-0.1, -0.05) is 65.0 Å². The number of thiocarbonyl (C=S) groups is 1. The van der Waals surface area contributed by atoms with Crippen LogP contribution in [0.15, 0.2) is 48.5 Å². The van der Waals surface area contributed by atoms with E-state index in [1.54, 1.807) is 36.4 Å². The highest BCUT2D eigenvalue weighted by Crippen LogP contribution is 2.27. The fraction of sp³-hybridized carbons (Fsp3) is 0.429. The molecule has 2 aromatic rings. The highest BCUT2D eigenvalue weighted by Gasteiger charge is 2.16. The van der Waals surface area contributed by atoms with E-state index < -0.39 is 5.91 Å². The summed E-state index contributed by atoms with van der Waals surface area (Å²) in [6.45, 7) is 6.37. The Bertz CT molecular complexity index is 1070. The molecule has 0 radical (unpaired) electrons. The number of carbonyl (C=O) groups excluding carboxylic acids is 3. The number of hydrogen-bond donors (Lipinski definition) is 4. The molecule has 1 saturated carbocycles. The van der Waals surface area contributed by atoms with E-state index in [9.17, 15) is 14.4 Å². The van der Waals surface area contributed by atoms with Crippen LogP contribution < -0.4 is 21.5 Å². The van der Waals surface area contributed by atoms with Crippen molar-refractivity contribution in [1.82, 2.24) is 16.2 Å². The van der Waals surface area contributed by atoms with Gasteiger partial charge in [0.1, 0.15) is 0 Å². The van der Waals surface area contributed by atoms with Crippen molar-refractivity contribution in [3.63, 3.8) is 0 Å². The largest absolute Gasteiger partial charge is 0.322 e. The van der Waals surface area contributed by atoms with Crippen molar-refractivity contribution in [2.45, 2.75) is 71.1 Å². The van der Waals surface area contributed by atoms with E-state index in [1.807, 2.05) is 12.1 Å². The Morgan fingerprint density at radius 2 is 1.42 bits per heavy atom. The van der Waals surface area contributed by atoms with Gasteiger partial charge in [0.25, 0.3) is 11.8 Å². The van der Waals surface area contributed by atoms with E-state index in [4.69, 9.17) is 12.2 Å². The molecule has 0 bridgehead atoms. The number of anilines is 1. The Morgan fingerprint density at radius 3 is 2.03 bits per heavy atom. The van der Waals surface area contributed by atoms with Crippen molar-refractivity contribution in [2.24, 2.45) is 5.92 Å². The molecule has 1 aliphatic rings. The molecule has 0 aromatic heterocycles. The maximum Gasteiger partial charge on any atom is 0.269 e. The van der Waals surface area contributed by atoms with Gasteiger partial charge in [0.15, 0.2) is 5.11 Å². The molecule has 2 aromatic carbocycles. The predicted octanol–water partition coefficient (Wildman–Crippen LogP) is 5.23. The molecule has 0 saturated heterocycles. The molecular weight excluding hydrogens is 472 g/mol. The average Bonchev–Trinajstić information content (AvgIpc) is 2.86. The van der Waals surface area contributed by atoms with E-state index in [2.05, 4.69) is 42.3 Å². The lowest BCUT2D eigenvalue weighted by Gasteiger charge is -2.21. The van der Waals surface area contributed by atoms with Crippen LogP contribution in [0.3, 0.4) is 0 Å². The van der Waals surface area contributed by atoms with Crippen LogP contribution in [-0.2, 0) is 10.2 Å². The molecule has 0 aliphatic heterocycles. The van der Waals surface area contributed by atoms with E-state index >= 15 is 0 Å². The Labute approximate surface area is 218 Å². The zero-order valence-corrected chi connectivity index (χ0v) is 22.1. The number of carbonyl (C=O) groups is 3. The molecule has 7 nitrogen and oxygen atoms in total. The SMILES string of the molecule is CC(C)(C)c1ccc(C(=O)Nc2ccc(C(=O)NNC(=S)NC(=O)CCC3CCCCC3)cc2)cc1. The van der Waals surface area contributed by atoms with Crippen LogP contribution in [0.4, 0.5) is 5.69 Å². The Hall–Kier alpha value is -3.26. The van der Waals surface area contributed by atoms with E-state index in [0.29, 0.717) is 29.2 Å². The molecule has 3 amide bonds. The topological polar surface area (TPSA) is 99.3 Å². The predicted molar refractivity (Wildman–Crippen MR) is 147 cm³/mol. The summed E-state index contributed by atoms with van der Waals surface area (Å²) >= 11 is 5.11. The second-order valence-corrected chi connectivity index (χ2v) is 10.8. The van der Waals surface area contributed by atoms with Crippen molar-refractivity contribution in [1.29, 1.82) is 0 Å². The third-order valence-electron chi connectivity index (χ3n) is 6.46. The smallest absolute Gasteiger partial charge is 0.269 e. The first kappa shape index (κ1) is 27.3. The highest BCUT2D eigenvalue weighted by molar-refractivity contribution is 7.80. The van der Waals surface area contributed by atoms with Crippen molar-refractivity contribution in [3.8, 4) is 0 Å². The maximum absolute atomic E-state index is 12.5. The third-order valence-corrected chi connectivity index (χ3v) is 6.67. The monoisotopic (exact) mass is 508 g/mol. The van der Waals surface area contributed by atoms with Crippen LogP contribution in [0.5, 0.6) is 0 Å². The summed E-state index contributed by atoms with van der Waals surface area (Å²) in [4.78, 5) is 37.1. The maximum atomic E-state index is 12.5. The lowest BCUT2D eigenvalue weighted by Crippen LogP contribution is -2.48. The highest BCUT2D eigenvalue weighted by atomic mass is 32.1. The number of hydrogen-bond acceptors (Lipinski definition) is 4. The van der Waals surface area contributed by atoms with E-state index in [0.717, 1.165) is 12.0 Å². The first-order valence-corrected chi connectivity index (χ1v) is 12.9. The zero-order valence-electron chi connectivity index (χ0n) is 21.3. The average molecular weight is 509 g/mol. The molecule has 8 heteroatoms. The number of hydrazine groups is 1. The van der Waals surface area contributed by atoms with Crippen molar-refractivity contribution in [3.05, 3.63) is 65.2 Å². The minimum atomic E-state index is -0.413. The quantitative estimate of drug-likeness (QED) is 0.316. The number of amides is 3. The molecule has 3 rings (SSSR count). The number of rotatable bonds is 6. The Kier molecular flexibility index (Phi) is 9.58. The van der Waals surface area contributed by atoms with Gasteiger partial charge in [-0.15, -0.1) is 0 Å². The molecule has 0 spiro atoms. The Balaban J connectivity index is 1.41. The van der Waals surface area contributed by atoms with Crippen LogP contribution in [0.1, 0.15) is 92.0 Å². The Morgan fingerprint density at radius 1 is 0.833 bits per heavy atom. The molecule has 0 heterocycles. The fourth-order valence-corrected chi connectivity index (χ4v) is 4.41. The first-order chi connectivity index (χ1) is 17.1. The van der Waals surface area contributed by atoms with Crippen molar-refractivity contribution < 1.29 is 14.4 Å². The molecule has 4 N–H and O–H groups in total. The molecular formula is C28H36N4O3S. The second-order valence-electron chi connectivity index (χ2n) is 10.4. The molecule has 1 aliphatic carbocycles. The minimum Gasteiger partial charge on any atom is -0.322 e. The van der Waals surface area contributed by atoms with Gasteiger partial charge in [0, 0.05) is 23.2 Å². The van der Waals surface area contributed by atoms with Gasteiger partial charge in [-0.3, -0.25) is 25.2 Å². The van der Waals surface area contributed by atoms with E-state index in [-0.39, 0.29) is 22.3 Å². The summed E-state index contributed by atoms with van der Waals surface area (Å²) in [6, 6.07) is 14.0. The number of benzene rings is 2. The van der Waals surface area contributed by atoms with Gasteiger partial charge >= 0.3 is 0 Å². The van der Waals surface area contributed by atoms with Crippen molar-refractivity contribution >= 4 is 40.7 Å². The van der Waals surface area contributed by atoms with Gasteiger partial charge in [-0.05, 0) is 71.9 Å². The lowest BCUT2D eigenvalue weighted by molar-refractivity contribution is -0.120. The van der Waals surface area contributed by atoms with Crippen LogP contribution in [0.2, 0.25) is 0 Å². The molecule has 192 valence electrons. The summed E-state index contributed by atoms with van der Waals surface area (Å²) in [6.07, 6.45) is 7.46. The summed E-state index contributed by atoms with van der Waals surface area (Å²) < 4.78 is 0. The van der Waals surface area contributed by atoms with Crippen LogP contribution in [0.25, 0.3) is 0 Å². The molecule has 36 heavy (non-hydrogen) atoms. The van der Waals surface area contributed by atoms with Gasteiger partial charge < -0.3 is 10.6 Å². The van der Waals surface area contributed by atoms with Gasteiger partial charge in [0.05, 0.1) is 0 Å². The van der Waals surface area contributed by atoms with Crippen molar-refractivity contribution in [2.75, 3.05) is 5.32 Å². The van der Waals surface area contributed by atoms with Crippen LogP contribution >= 0.6 is 12.2 Å². The van der Waals surface area contributed by atoms with Crippen LogP contribution in [-0.4, -0.2) is 22.8 Å². The molecule has 0 unspecified atom stereocenters. The fourth-order valence-electron chi connectivity index (χ4n) is 4.25. The normalized spacial score (nSPS) is 14.0. The second kappa shape index (κ2) is 12.6. The molecule has 1 fully saturated rings. The summed E-state index contributed by atoms with van der Waals surface area (Å²) in [5.74, 6) is -0.170. The van der Waals surface area contributed by atoms with Crippen LogP contribution in [0, 0.1) is 5.92 Å². The third kappa shape index (κ3) is 8.45. The minimum absolute atomic E-state index is 0.0180. The summed E-state index contributed by atoms with van der Waals surface area (Å²) in [5, 5.41) is 5.49. The van der Waals surface area contributed by atoms with Gasteiger partial charge in [-0.25, -0.2) is 0 Å². The summed E-state index contributed by atoms with van der Waals surface area (Å²) in [7, 11) is 0. The van der Waals surface area contributed by atoms with E-state index in [1.165, 1.54) is 32.1 Å².